The van der Waals surface area contributed by atoms with E-state index in [4.69, 9.17) is 21.1 Å². The number of nitrogens with zero attached hydrogens (tertiary/aromatic N) is 1. The van der Waals surface area contributed by atoms with Gasteiger partial charge in [0.25, 0.3) is 5.22 Å². The maximum atomic E-state index is 11.1. The minimum Gasteiger partial charge on any atom is -0.508 e. The fraction of sp³-hybridized carbons (Fsp3) is 0.111. The van der Waals surface area contributed by atoms with Crippen LogP contribution in [0.2, 0.25) is 5.02 Å². The van der Waals surface area contributed by atoms with E-state index in [1.807, 2.05) is 12.1 Å². The van der Waals surface area contributed by atoms with Crippen LogP contribution in [-0.2, 0) is 4.79 Å². The molecular formula is C18H14ClNO4S. The number of rotatable bonds is 5. The predicted molar refractivity (Wildman–Crippen MR) is 97.0 cm³/mol. The normalized spacial score (nSPS) is 12.1. The molecule has 0 saturated heterocycles. The fourth-order valence-electron chi connectivity index (χ4n) is 2.16. The number of carboxylic acids is 1. The van der Waals surface area contributed by atoms with E-state index < -0.39 is 11.2 Å². The molecule has 1 unspecified atom stereocenters. The van der Waals surface area contributed by atoms with Gasteiger partial charge >= 0.3 is 5.97 Å². The summed E-state index contributed by atoms with van der Waals surface area (Å²) in [6, 6.07) is 13.7. The number of carboxylic acid groups (broad SMARTS) is 1. The average molecular weight is 376 g/mol. The molecule has 2 N–H and O–H groups in total. The molecule has 0 aliphatic rings. The van der Waals surface area contributed by atoms with Crippen LogP contribution in [0.15, 0.2) is 58.2 Å². The van der Waals surface area contributed by atoms with Gasteiger partial charge in [-0.2, -0.15) is 0 Å². The van der Waals surface area contributed by atoms with Crippen molar-refractivity contribution in [1.82, 2.24) is 4.98 Å². The van der Waals surface area contributed by atoms with Crippen LogP contribution in [0.4, 0.5) is 0 Å². The van der Waals surface area contributed by atoms with Crippen molar-refractivity contribution in [3.05, 3.63) is 53.6 Å². The molecule has 0 saturated carbocycles. The second kappa shape index (κ2) is 7.21. The molecule has 0 amide bonds. The first-order chi connectivity index (χ1) is 11.9. The molecule has 5 nitrogen and oxygen atoms in total. The molecule has 7 heteroatoms. The Morgan fingerprint density at radius 2 is 1.72 bits per heavy atom. The zero-order valence-electron chi connectivity index (χ0n) is 13.1. The molecule has 2 aromatic carbocycles. The Labute approximate surface area is 153 Å². The maximum absolute atomic E-state index is 11.1. The van der Waals surface area contributed by atoms with E-state index in [9.17, 15) is 9.90 Å². The van der Waals surface area contributed by atoms with E-state index in [1.165, 1.54) is 0 Å². The van der Waals surface area contributed by atoms with E-state index in [1.54, 1.807) is 43.3 Å². The number of phenolic OH excluding ortho intramolecular Hbond substituents is 1. The van der Waals surface area contributed by atoms with E-state index in [0.29, 0.717) is 16.5 Å². The molecule has 0 aliphatic heterocycles. The molecule has 0 spiro atoms. The molecule has 1 aromatic heterocycles. The summed E-state index contributed by atoms with van der Waals surface area (Å²) >= 11 is 6.97. The van der Waals surface area contributed by atoms with Crippen LogP contribution in [0.1, 0.15) is 6.92 Å². The third-order valence-electron chi connectivity index (χ3n) is 3.48. The lowest BCUT2D eigenvalue weighted by molar-refractivity contribution is -0.136. The summed E-state index contributed by atoms with van der Waals surface area (Å²) in [6.07, 6.45) is 0. The third kappa shape index (κ3) is 3.97. The molecule has 3 aromatic rings. The van der Waals surface area contributed by atoms with Crippen LogP contribution in [0.5, 0.6) is 5.75 Å². The monoisotopic (exact) mass is 375 g/mol. The fourth-order valence-corrected chi connectivity index (χ4v) is 2.97. The Morgan fingerprint density at radius 1 is 1.12 bits per heavy atom. The minimum absolute atomic E-state index is 0.144. The van der Waals surface area contributed by atoms with Crippen molar-refractivity contribution < 1.29 is 19.4 Å². The lowest BCUT2D eigenvalue weighted by atomic mass is 10.1. The molecule has 1 atom stereocenters. The SMILES string of the molecule is CC(Sc1nc(-c2ccc(Cl)cc2)c(-c2ccc(O)cc2)o1)C(=O)O. The number of benzene rings is 2. The van der Waals surface area contributed by atoms with Crippen LogP contribution in [0, 0.1) is 0 Å². The predicted octanol–water partition coefficient (Wildman–Crippen LogP) is 4.93. The number of hydrogen-bond donors (Lipinski definition) is 2. The number of halogens is 1. The number of aliphatic carboxylic acids is 1. The molecule has 25 heavy (non-hydrogen) atoms. The molecule has 0 bridgehead atoms. The first-order valence-corrected chi connectivity index (χ1v) is 8.65. The third-order valence-corrected chi connectivity index (χ3v) is 4.66. The molecule has 128 valence electrons. The lowest BCUT2D eigenvalue weighted by Crippen LogP contribution is -2.10. The summed E-state index contributed by atoms with van der Waals surface area (Å²) in [5.74, 6) is -0.296. The number of oxazole rings is 1. The van der Waals surface area contributed by atoms with Crippen LogP contribution in [0.25, 0.3) is 22.6 Å². The van der Waals surface area contributed by atoms with Crippen LogP contribution < -0.4 is 0 Å². The minimum atomic E-state index is -0.942. The van der Waals surface area contributed by atoms with Gasteiger partial charge in [-0.05, 0) is 43.3 Å². The Hall–Kier alpha value is -2.44. The Balaban J connectivity index is 2.07. The summed E-state index contributed by atoms with van der Waals surface area (Å²) in [5.41, 5.74) is 2.11. The van der Waals surface area contributed by atoms with Crippen molar-refractivity contribution in [1.29, 1.82) is 0 Å². The number of aromatic nitrogens is 1. The van der Waals surface area contributed by atoms with E-state index >= 15 is 0 Å². The van der Waals surface area contributed by atoms with Crippen molar-refractivity contribution in [2.45, 2.75) is 17.4 Å². The molecule has 0 fully saturated rings. The van der Waals surface area contributed by atoms with Crippen LogP contribution in [-0.4, -0.2) is 26.4 Å². The van der Waals surface area contributed by atoms with Gasteiger partial charge in [-0.25, -0.2) is 4.98 Å². The topological polar surface area (TPSA) is 83.6 Å². The van der Waals surface area contributed by atoms with Crippen molar-refractivity contribution in [3.8, 4) is 28.3 Å². The Morgan fingerprint density at radius 3 is 2.32 bits per heavy atom. The lowest BCUT2D eigenvalue weighted by Gasteiger charge is -2.02. The summed E-state index contributed by atoms with van der Waals surface area (Å²) < 4.78 is 5.82. The Kier molecular flexibility index (Phi) is 5.01. The summed E-state index contributed by atoms with van der Waals surface area (Å²) in [5, 5.41) is 18.7. The first-order valence-electron chi connectivity index (χ1n) is 7.39. The zero-order chi connectivity index (χ0) is 18.0. The van der Waals surface area contributed by atoms with E-state index in [2.05, 4.69) is 4.98 Å². The summed E-state index contributed by atoms with van der Waals surface area (Å²) in [4.78, 5) is 15.5. The van der Waals surface area contributed by atoms with E-state index in [0.717, 1.165) is 22.9 Å². The zero-order valence-corrected chi connectivity index (χ0v) is 14.7. The highest BCUT2D eigenvalue weighted by Gasteiger charge is 2.21. The van der Waals surface area contributed by atoms with Gasteiger partial charge in [-0.3, -0.25) is 4.79 Å². The quantitative estimate of drug-likeness (QED) is 0.615. The van der Waals surface area contributed by atoms with Crippen molar-refractivity contribution >= 4 is 29.3 Å². The molecule has 0 aliphatic carbocycles. The molecule has 0 radical (unpaired) electrons. The van der Waals surface area contributed by atoms with Crippen molar-refractivity contribution in [3.63, 3.8) is 0 Å². The number of phenols is 1. The number of aromatic hydroxyl groups is 1. The second-order valence-electron chi connectivity index (χ2n) is 5.31. The second-order valence-corrected chi connectivity index (χ2v) is 7.04. The molecular weight excluding hydrogens is 362 g/mol. The van der Waals surface area contributed by atoms with E-state index in [-0.39, 0.29) is 11.0 Å². The Bertz CT molecular complexity index is 827. The number of carbonyl (C=O) groups is 1. The number of thioether (sulfide) groups is 1. The van der Waals surface area contributed by atoms with Crippen LogP contribution >= 0.6 is 23.4 Å². The van der Waals surface area contributed by atoms with Gasteiger partial charge in [0.15, 0.2) is 5.76 Å². The van der Waals surface area contributed by atoms with Gasteiger partial charge in [-0.15, -0.1) is 0 Å². The average Bonchev–Trinajstić information content (AvgIpc) is 3.00. The highest BCUT2D eigenvalue weighted by molar-refractivity contribution is 8.00. The van der Waals surface area contributed by atoms with Gasteiger partial charge in [0, 0.05) is 16.1 Å². The van der Waals surface area contributed by atoms with Crippen molar-refractivity contribution in [2.24, 2.45) is 0 Å². The molecule has 1 heterocycles. The van der Waals surface area contributed by atoms with Gasteiger partial charge in [0.05, 0.1) is 0 Å². The van der Waals surface area contributed by atoms with Gasteiger partial charge in [0.1, 0.15) is 16.7 Å². The highest BCUT2D eigenvalue weighted by Crippen LogP contribution is 2.37. The first kappa shape index (κ1) is 17.4. The van der Waals surface area contributed by atoms with Crippen molar-refractivity contribution in [2.75, 3.05) is 0 Å². The van der Waals surface area contributed by atoms with Crippen LogP contribution in [0.3, 0.4) is 0 Å². The number of hydrogen-bond acceptors (Lipinski definition) is 5. The van der Waals surface area contributed by atoms with Gasteiger partial charge in [0.2, 0.25) is 0 Å². The maximum Gasteiger partial charge on any atom is 0.316 e. The van der Waals surface area contributed by atoms with Gasteiger partial charge in [-0.1, -0.05) is 35.5 Å². The largest absolute Gasteiger partial charge is 0.508 e. The highest BCUT2D eigenvalue weighted by atomic mass is 35.5. The molecule has 3 rings (SSSR count). The van der Waals surface area contributed by atoms with Gasteiger partial charge < -0.3 is 14.6 Å². The summed E-state index contributed by atoms with van der Waals surface area (Å²) in [6.45, 7) is 1.57. The standard InChI is InChI=1S/C18H14ClNO4S/c1-10(17(22)23)25-18-20-15(11-2-6-13(19)7-3-11)16(24-18)12-4-8-14(21)9-5-12/h2-10,21H,1H3,(H,22,23). The smallest absolute Gasteiger partial charge is 0.316 e. The summed E-state index contributed by atoms with van der Waals surface area (Å²) in [7, 11) is 0.